The number of hydrogen-bond acceptors (Lipinski definition) is 6. The van der Waals surface area contributed by atoms with Crippen LogP contribution < -0.4 is 5.32 Å². The summed E-state index contributed by atoms with van der Waals surface area (Å²) in [4.78, 5) is 12.4. The van der Waals surface area contributed by atoms with E-state index in [4.69, 9.17) is 4.74 Å². The van der Waals surface area contributed by atoms with Gasteiger partial charge in [-0.05, 0) is 31.0 Å². The van der Waals surface area contributed by atoms with Crippen LogP contribution in [0, 0.1) is 11.8 Å². The third-order valence-corrected chi connectivity index (χ3v) is 8.07. The lowest BCUT2D eigenvalue weighted by Crippen LogP contribution is -2.32. The van der Waals surface area contributed by atoms with Crippen molar-refractivity contribution < 1.29 is 17.9 Å². The summed E-state index contributed by atoms with van der Waals surface area (Å²) < 4.78 is 33.7. The molecule has 0 amide bonds. The summed E-state index contributed by atoms with van der Waals surface area (Å²) in [7, 11) is -2.46. The van der Waals surface area contributed by atoms with Crippen LogP contribution in [0.2, 0.25) is 0 Å². The third-order valence-electron chi connectivity index (χ3n) is 4.87. The number of hydrogen-bond donors (Lipinski definition) is 1. The van der Waals surface area contributed by atoms with Gasteiger partial charge >= 0.3 is 5.97 Å². The van der Waals surface area contributed by atoms with E-state index in [2.05, 4.69) is 5.32 Å². The second-order valence-electron chi connectivity index (χ2n) is 6.25. The van der Waals surface area contributed by atoms with E-state index >= 15 is 0 Å². The van der Waals surface area contributed by atoms with Gasteiger partial charge in [0.2, 0.25) is 10.0 Å². The number of carbonyl (C=O) groups excluding carboxylic acids is 1. The van der Waals surface area contributed by atoms with Gasteiger partial charge in [0.15, 0.2) is 0 Å². The first-order chi connectivity index (χ1) is 11.5. The summed E-state index contributed by atoms with van der Waals surface area (Å²) in [6.07, 6.45) is 0. The number of ether oxygens (including phenoxy) is 1. The average molecular weight is 366 g/mol. The van der Waals surface area contributed by atoms with Gasteiger partial charge in [0.05, 0.1) is 7.11 Å². The van der Waals surface area contributed by atoms with Crippen LogP contribution in [-0.4, -0.2) is 52.0 Å². The number of rotatable bonds is 3. The molecule has 1 aromatic carbocycles. The van der Waals surface area contributed by atoms with E-state index in [1.807, 2.05) is 12.1 Å². The van der Waals surface area contributed by atoms with Gasteiger partial charge in [0.25, 0.3) is 0 Å². The van der Waals surface area contributed by atoms with Crippen LogP contribution in [0.15, 0.2) is 29.2 Å². The molecule has 8 heteroatoms. The van der Waals surface area contributed by atoms with Crippen molar-refractivity contribution >= 4 is 37.4 Å². The number of carbonyl (C=O) groups is 1. The molecule has 1 aromatic heterocycles. The highest BCUT2D eigenvalue weighted by Crippen LogP contribution is 2.39. The van der Waals surface area contributed by atoms with Crippen molar-refractivity contribution in [1.82, 2.24) is 9.62 Å². The second-order valence-corrected chi connectivity index (χ2v) is 9.18. The van der Waals surface area contributed by atoms with E-state index < -0.39 is 16.0 Å². The molecule has 0 saturated carbocycles. The standard InChI is InChI=1S/C16H18N2O4S2/c1-22-16(19)14-15(12-4-2-3-5-13(12)23-14)24(20,21)18-8-10-6-17-7-11(10)9-18/h2-5,10-11,17H,6-9H2,1H3/t10-,11+. The Bertz CT molecular complexity index is 894. The molecular weight excluding hydrogens is 348 g/mol. The lowest BCUT2D eigenvalue weighted by molar-refractivity contribution is 0.0602. The van der Waals surface area contributed by atoms with Crippen LogP contribution in [0.1, 0.15) is 9.67 Å². The average Bonchev–Trinajstić information content (AvgIpc) is 3.25. The SMILES string of the molecule is COC(=O)c1sc2ccccc2c1S(=O)(=O)N1C[C@H]2CNC[C@H]2C1. The molecular formula is C16H18N2O4S2. The Morgan fingerprint density at radius 2 is 1.92 bits per heavy atom. The lowest BCUT2D eigenvalue weighted by Gasteiger charge is -2.18. The van der Waals surface area contributed by atoms with E-state index in [1.54, 1.807) is 12.1 Å². The number of methoxy groups -OCH3 is 1. The summed E-state index contributed by atoms with van der Waals surface area (Å²) in [5, 5.41) is 3.90. The summed E-state index contributed by atoms with van der Waals surface area (Å²) in [5.41, 5.74) is 0. The van der Waals surface area contributed by atoms with E-state index in [9.17, 15) is 13.2 Å². The summed E-state index contributed by atoms with van der Waals surface area (Å²) >= 11 is 1.17. The van der Waals surface area contributed by atoms with Gasteiger partial charge in [-0.25, -0.2) is 13.2 Å². The summed E-state index contributed by atoms with van der Waals surface area (Å²) in [6, 6.07) is 7.21. The van der Waals surface area contributed by atoms with E-state index in [-0.39, 0.29) is 9.77 Å². The molecule has 2 fully saturated rings. The molecule has 0 aliphatic carbocycles. The third kappa shape index (κ3) is 2.36. The maximum absolute atomic E-state index is 13.3. The van der Waals surface area contributed by atoms with Crippen LogP contribution >= 0.6 is 11.3 Å². The molecule has 0 bridgehead atoms. The van der Waals surface area contributed by atoms with Crippen molar-refractivity contribution in [3.63, 3.8) is 0 Å². The summed E-state index contributed by atoms with van der Waals surface area (Å²) in [5.74, 6) is 0.105. The topological polar surface area (TPSA) is 75.7 Å². The number of nitrogens with one attached hydrogen (secondary N) is 1. The number of fused-ring (bicyclic) bond motifs is 2. The fourth-order valence-corrected chi connectivity index (χ4v) is 6.97. The van der Waals surface area contributed by atoms with Crippen LogP contribution in [0.5, 0.6) is 0 Å². The largest absolute Gasteiger partial charge is 0.465 e. The minimum Gasteiger partial charge on any atom is -0.465 e. The Morgan fingerprint density at radius 3 is 2.58 bits per heavy atom. The molecule has 0 unspecified atom stereocenters. The number of benzene rings is 1. The van der Waals surface area contributed by atoms with Crippen molar-refractivity contribution in [3.05, 3.63) is 29.1 Å². The van der Waals surface area contributed by atoms with Gasteiger partial charge in [-0.1, -0.05) is 18.2 Å². The maximum Gasteiger partial charge on any atom is 0.349 e. The second kappa shape index (κ2) is 5.80. The maximum atomic E-state index is 13.3. The van der Waals surface area contributed by atoms with Crippen molar-refractivity contribution in [2.75, 3.05) is 33.3 Å². The molecule has 2 saturated heterocycles. The van der Waals surface area contributed by atoms with Gasteiger partial charge in [0, 0.05) is 23.2 Å². The fourth-order valence-electron chi connectivity index (χ4n) is 3.64. The molecule has 4 rings (SSSR count). The van der Waals surface area contributed by atoms with Gasteiger partial charge in [-0.15, -0.1) is 11.3 Å². The Labute approximate surface area is 144 Å². The van der Waals surface area contributed by atoms with Crippen LogP contribution in [0.3, 0.4) is 0 Å². The monoisotopic (exact) mass is 366 g/mol. The first-order valence-electron chi connectivity index (χ1n) is 7.83. The zero-order valence-electron chi connectivity index (χ0n) is 13.2. The Hall–Kier alpha value is -1.48. The minimum atomic E-state index is -3.73. The van der Waals surface area contributed by atoms with Crippen LogP contribution in [0.4, 0.5) is 0 Å². The lowest BCUT2D eigenvalue weighted by atomic mass is 10.0. The normalized spacial score (nSPS) is 24.4. The molecule has 2 atom stereocenters. The number of nitrogens with zero attached hydrogens (tertiary/aromatic N) is 1. The Morgan fingerprint density at radius 1 is 1.25 bits per heavy atom. The highest BCUT2D eigenvalue weighted by molar-refractivity contribution is 7.89. The molecule has 2 aliphatic heterocycles. The van der Waals surface area contributed by atoms with Crippen molar-refractivity contribution in [3.8, 4) is 0 Å². The quantitative estimate of drug-likeness (QED) is 0.834. The van der Waals surface area contributed by atoms with Crippen molar-refractivity contribution in [1.29, 1.82) is 0 Å². The predicted octanol–water partition coefficient (Wildman–Crippen LogP) is 1.53. The highest BCUT2D eigenvalue weighted by Gasteiger charge is 2.43. The van der Waals surface area contributed by atoms with Crippen molar-refractivity contribution in [2.45, 2.75) is 4.90 Å². The molecule has 128 valence electrons. The Balaban J connectivity index is 1.84. The minimum absolute atomic E-state index is 0.0999. The molecule has 1 N–H and O–H groups in total. The molecule has 3 heterocycles. The number of sulfonamides is 1. The van der Waals surface area contributed by atoms with Crippen LogP contribution in [-0.2, 0) is 14.8 Å². The first kappa shape index (κ1) is 16.0. The van der Waals surface area contributed by atoms with Crippen molar-refractivity contribution in [2.24, 2.45) is 11.8 Å². The van der Waals surface area contributed by atoms with Gasteiger partial charge in [-0.3, -0.25) is 0 Å². The molecule has 6 nitrogen and oxygen atoms in total. The molecule has 24 heavy (non-hydrogen) atoms. The number of thiophene rings is 1. The summed E-state index contributed by atoms with van der Waals surface area (Å²) in [6.45, 7) is 2.71. The van der Waals surface area contributed by atoms with E-state index in [0.717, 1.165) is 17.8 Å². The van der Waals surface area contributed by atoms with E-state index in [0.29, 0.717) is 30.3 Å². The number of esters is 1. The molecule has 2 aromatic rings. The molecule has 2 aliphatic rings. The van der Waals surface area contributed by atoms with E-state index in [1.165, 1.54) is 22.8 Å². The highest BCUT2D eigenvalue weighted by atomic mass is 32.2. The molecule has 0 spiro atoms. The Kier molecular flexibility index (Phi) is 3.87. The molecule has 0 radical (unpaired) electrons. The van der Waals surface area contributed by atoms with Crippen LogP contribution in [0.25, 0.3) is 10.1 Å². The fraction of sp³-hybridized carbons (Fsp3) is 0.438. The van der Waals surface area contributed by atoms with Gasteiger partial charge in [-0.2, -0.15) is 4.31 Å². The van der Waals surface area contributed by atoms with Gasteiger partial charge < -0.3 is 10.1 Å². The zero-order valence-corrected chi connectivity index (χ0v) is 14.8. The predicted molar refractivity (Wildman–Crippen MR) is 91.8 cm³/mol. The smallest absolute Gasteiger partial charge is 0.349 e. The first-order valence-corrected chi connectivity index (χ1v) is 10.1. The zero-order chi connectivity index (χ0) is 16.9. The van der Waals surface area contributed by atoms with Gasteiger partial charge in [0.1, 0.15) is 9.77 Å².